The molecule has 4 nitrogen and oxygen atoms in total. The largest absolute Gasteiger partial charge is 0.393 e. The third-order valence-corrected chi connectivity index (χ3v) is 1.92. The normalized spacial score (nSPS) is 12.2. The Labute approximate surface area is 84.4 Å². The number of aliphatic hydroxyl groups excluding tert-OH is 1. The first-order valence-corrected chi connectivity index (χ1v) is 4.77. The molecule has 0 saturated carbocycles. The number of pyridine rings is 1. The Bertz CT molecular complexity index is 276. The molecule has 0 amide bonds. The van der Waals surface area contributed by atoms with E-state index in [0.717, 1.165) is 24.3 Å². The number of aliphatic hydroxyl groups is 1. The molecular weight excluding hydrogens is 178 g/mol. The van der Waals surface area contributed by atoms with E-state index < -0.39 is 0 Å². The van der Waals surface area contributed by atoms with Gasteiger partial charge in [0, 0.05) is 13.6 Å². The van der Waals surface area contributed by atoms with Crippen LogP contribution in [0.5, 0.6) is 0 Å². The zero-order chi connectivity index (χ0) is 10.4. The lowest BCUT2D eigenvalue weighted by Crippen LogP contribution is -2.09. The Morgan fingerprint density at radius 1 is 1.43 bits per heavy atom. The van der Waals surface area contributed by atoms with Crippen molar-refractivity contribution in [3.63, 3.8) is 0 Å². The summed E-state index contributed by atoms with van der Waals surface area (Å²) in [4.78, 5) is 4.07. The van der Waals surface area contributed by atoms with Crippen molar-refractivity contribution >= 4 is 11.4 Å². The van der Waals surface area contributed by atoms with E-state index in [1.54, 1.807) is 19.3 Å². The molecule has 1 atom stereocenters. The third kappa shape index (κ3) is 3.62. The van der Waals surface area contributed by atoms with Crippen molar-refractivity contribution < 1.29 is 5.11 Å². The van der Waals surface area contributed by atoms with Crippen LogP contribution < -0.4 is 10.6 Å². The fourth-order valence-electron chi connectivity index (χ4n) is 1.10. The molecule has 0 aliphatic rings. The molecule has 78 valence electrons. The first kappa shape index (κ1) is 10.8. The molecule has 0 aliphatic heterocycles. The maximum Gasteiger partial charge on any atom is 0.0547 e. The molecule has 14 heavy (non-hydrogen) atoms. The Morgan fingerprint density at radius 2 is 2.14 bits per heavy atom. The van der Waals surface area contributed by atoms with Gasteiger partial charge in [0.2, 0.25) is 0 Å². The number of aromatic nitrogens is 1. The summed E-state index contributed by atoms with van der Waals surface area (Å²) in [5.74, 6) is 0. The van der Waals surface area contributed by atoms with Crippen LogP contribution in [0.3, 0.4) is 0 Å². The molecule has 0 radical (unpaired) electrons. The van der Waals surface area contributed by atoms with Gasteiger partial charge in [-0.3, -0.25) is 4.98 Å². The van der Waals surface area contributed by atoms with Crippen LogP contribution in [0.15, 0.2) is 18.5 Å². The SMILES string of the molecule is CNc1cncc(NCCC(C)O)c1. The minimum Gasteiger partial charge on any atom is -0.393 e. The van der Waals surface area contributed by atoms with Crippen LogP contribution in [0.1, 0.15) is 13.3 Å². The highest BCUT2D eigenvalue weighted by atomic mass is 16.3. The summed E-state index contributed by atoms with van der Waals surface area (Å²) in [5, 5.41) is 15.3. The van der Waals surface area contributed by atoms with E-state index in [1.165, 1.54) is 0 Å². The van der Waals surface area contributed by atoms with Gasteiger partial charge in [0.05, 0.1) is 29.9 Å². The number of rotatable bonds is 5. The topological polar surface area (TPSA) is 57.2 Å². The lowest BCUT2D eigenvalue weighted by Gasteiger charge is -2.08. The second-order valence-corrected chi connectivity index (χ2v) is 3.28. The second-order valence-electron chi connectivity index (χ2n) is 3.28. The number of hydrogen-bond donors (Lipinski definition) is 3. The maximum atomic E-state index is 9.06. The molecule has 1 aromatic heterocycles. The van der Waals surface area contributed by atoms with Gasteiger partial charge in [-0.1, -0.05) is 0 Å². The van der Waals surface area contributed by atoms with Gasteiger partial charge in [-0.15, -0.1) is 0 Å². The summed E-state index contributed by atoms with van der Waals surface area (Å²) < 4.78 is 0. The minimum absolute atomic E-state index is 0.261. The molecule has 0 fully saturated rings. The van der Waals surface area contributed by atoms with Crippen molar-refractivity contribution in [2.45, 2.75) is 19.4 Å². The highest BCUT2D eigenvalue weighted by Gasteiger charge is 1.97. The molecule has 3 N–H and O–H groups in total. The predicted molar refractivity (Wildman–Crippen MR) is 58.6 cm³/mol. The summed E-state index contributed by atoms with van der Waals surface area (Å²) >= 11 is 0. The Morgan fingerprint density at radius 3 is 2.79 bits per heavy atom. The molecule has 1 rings (SSSR count). The zero-order valence-corrected chi connectivity index (χ0v) is 8.62. The van der Waals surface area contributed by atoms with E-state index in [2.05, 4.69) is 15.6 Å². The van der Waals surface area contributed by atoms with Gasteiger partial charge in [0.15, 0.2) is 0 Å². The lowest BCUT2D eigenvalue weighted by molar-refractivity contribution is 0.189. The summed E-state index contributed by atoms with van der Waals surface area (Å²) in [7, 11) is 1.86. The van der Waals surface area contributed by atoms with Crippen LogP contribution in [-0.4, -0.2) is 29.8 Å². The molecule has 1 unspecified atom stereocenters. The summed E-state index contributed by atoms with van der Waals surface area (Å²) in [6.07, 6.45) is 4.01. The zero-order valence-electron chi connectivity index (χ0n) is 8.62. The van der Waals surface area contributed by atoms with Gasteiger partial charge in [-0.05, 0) is 19.4 Å². The quantitative estimate of drug-likeness (QED) is 0.663. The van der Waals surface area contributed by atoms with Crippen LogP contribution in [-0.2, 0) is 0 Å². The first-order chi connectivity index (χ1) is 6.72. The molecule has 0 bridgehead atoms. The van der Waals surface area contributed by atoms with Gasteiger partial charge in [0.25, 0.3) is 0 Å². The van der Waals surface area contributed by atoms with Crippen molar-refractivity contribution in [3.8, 4) is 0 Å². The number of hydrogen-bond acceptors (Lipinski definition) is 4. The van der Waals surface area contributed by atoms with Crippen LogP contribution in [0.25, 0.3) is 0 Å². The monoisotopic (exact) mass is 195 g/mol. The van der Waals surface area contributed by atoms with Crippen molar-refractivity contribution in [2.24, 2.45) is 0 Å². The Balaban J connectivity index is 2.42. The Kier molecular flexibility index (Phi) is 4.19. The molecule has 0 saturated heterocycles. The maximum absolute atomic E-state index is 9.06. The third-order valence-electron chi connectivity index (χ3n) is 1.92. The van der Waals surface area contributed by atoms with Crippen molar-refractivity contribution in [1.29, 1.82) is 0 Å². The molecule has 0 aromatic carbocycles. The van der Waals surface area contributed by atoms with Crippen molar-refractivity contribution in [3.05, 3.63) is 18.5 Å². The standard InChI is InChI=1S/C10H17N3O/c1-8(14)3-4-13-10-5-9(11-2)6-12-7-10/h5-8,11,13-14H,3-4H2,1-2H3. The molecule has 1 heterocycles. The molecule has 1 aromatic rings. The molecular formula is C10H17N3O. The summed E-state index contributed by atoms with van der Waals surface area (Å²) in [6, 6.07) is 1.98. The number of nitrogens with zero attached hydrogens (tertiary/aromatic N) is 1. The van der Waals surface area contributed by atoms with Crippen LogP contribution >= 0.6 is 0 Å². The van der Waals surface area contributed by atoms with E-state index >= 15 is 0 Å². The van der Waals surface area contributed by atoms with Crippen molar-refractivity contribution in [2.75, 3.05) is 24.2 Å². The van der Waals surface area contributed by atoms with Gasteiger partial charge in [0.1, 0.15) is 0 Å². The first-order valence-electron chi connectivity index (χ1n) is 4.77. The van der Waals surface area contributed by atoms with Crippen LogP contribution in [0, 0.1) is 0 Å². The number of anilines is 2. The highest BCUT2D eigenvalue weighted by Crippen LogP contribution is 2.11. The van der Waals surface area contributed by atoms with Gasteiger partial charge in [-0.2, -0.15) is 0 Å². The van der Waals surface area contributed by atoms with Crippen LogP contribution in [0.4, 0.5) is 11.4 Å². The van der Waals surface area contributed by atoms with E-state index in [-0.39, 0.29) is 6.10 Å². The van der Waals surface area contributed by atoms with E-state index in [9.17, 15) is 0 Å². The van der Waals surface area contributed by atoms with Gasteiger partial charge >= 0.3 is 0 Å². The predicted octanol–water partition coefficient (Wildman–Crippen LogP) is 1.31. The summed E-state index contributed by atoms with van der Waals surface area (Å²) in [6.45, 7) is 2.54. The average Bonchev–Trinajstić information content (AvgIpc) is 2.18. The summed E-state index contributed by atoms with van der Waals surface area (Å²) in [5.41, 5.74) is 1.95. The fraction of sp³-hybridized carbons (Fsp3) is 0.500. The van der Waals surface area contributed by atoms with E-state index in [0.29, 0.717) is 0 Å². The van der Waals surface area contributed by atoms with Gasteiger partial charge < -0.3 is 15.7 Å². The Hall–Kier alpha value is -1.29. The minimum atomic E-state index is -0.261. The van der Waals surface area contributed by atoms with Gasteiger partial charge in [-0.25, -0.2) is 0 Å². The van der Waals surface area contributed by atoms with Crippen LogP contribution in [0.2, 0.25) is 0 Å². The smallest absolute Gasteiger partial charge is 0.0547 e. The highest BCUT2D eigenvalue weighted by molar-refractivity contribution is 5.53. The molecule has 4 heteroatoms. The fourth-order valence-corrected chi connectivity index (χ4v) is 1.10. The second kappa shape index (κ2) is 5.44. The number of nitrogens with one attached hydrogen (secondary N) is 2. The van der Waals surface area contributed by atoms with Crippen molar-refractivity contribution in [1.82, 2.24) is 4.98 Å². The van der Waals surface area contributed by atoms with E-state index in [1.807, 2.05) is 13.1 Å². The lowest BCUT2D eigenvalue weighted by atomic mass is 10.3. The average molecular weight is 195 g/mol. The molecule has 0 aliphatic carbocycles. The molecule has 0 spiro atoms. The van der Waals surface area contributed by atoms with E-state index in [4.69, 9.17) is 5.11 Å².